The van der Waals surface area contributed by atoms with Crippen molar-refractivity contribution < 1.29 is 52.2 Å². The van der Waals surface area contributed by atoms with Crippen LogP contribution in [-0.2, 0) is 33.5 Å². The number of aryl methyl sites for hydroxylation is 1. The molecule has 0 spiro atoms. The van der Waals surface area contributed by atoms with E-state index in [4.69, 9.17) is 29.2 Å². The van der Waals surface area contributed by atoms with E-state index in [9.17, 15) is 28.8 Å². The first-order valence-corrected chi connectivity index (χ1v) is 20.9. The lowest BCUT2D eigenvalue weighted by atomic mass is 10.0. The van der Waals surface area contributed by atoms with Gasteiger partial charge >= 0.3 is 23.9 Å². The fourth-order valence-electron chi connectivity index (χ4n) is 6.07. The van der Waals surface area contributed by atoms with E-state index in [0.717, 1.165) is 42.3 Å². The number of nitrogens with zero attached hydrogens (tertiary/aromatic N) is 5. The van der Waals surface area contributed by atoms with Crippen LogP contribution in [0.2, 0.25) is 0 Å². The number of carbonyl (C=O) groups is 6. The summed E-state index contributed by atoms with van der Waals surface area (Å²) in [4.78, 5) is 89.1. The first-order chi connectivity index (χ1) is 29.4. The number of oxime groups is 1. The second-order valence-electron chi connectivity index (χ2n) is 13.0. The molecule has 0 saturated carbocycles. The third-order valence-corrected chi connectivity index (χ3v) is 12.1. The van der Waals surface area contributed by atoms with E-state index in [0.29, 0.717) is 21.4 Å². The summed E-state index contributed by atoms with van der Waals surface area (Å²) in [6.45, 7) is 4.08. The molecule has 3 N–H and O–H groups in total. The predicted octanol–water partition coefficient (Wildman–Crippen LogP) is 4.61. The molecule has 0 bridgehead atoms. The number of β-lactam (4-membered cyclic amide) rings is 1. The van der Waals surface area contributed by atoms with Crippen molar-refractivity contribution in [1.82, 2.24) is 25.4 Å². The van der Waals surface area contributed by atoms with Gasteiger partial charge in [0.2, 0.25) is 0 Å². The van der Waals surface area contributed by atoms with E-state index >= 15 is 0 Å². The standard InChI is InChI=1S/C40H33N7O11S3/c1-20-44-45-40(61-20)60-19-26-18-59-36-31(35(51)47(36)32(26)38(53)57-33(23-10-6-4-7-11-23)24-12-8-5-9-13-24)43-34(50)30(27-17-54-39(41)42-27)46-58-37(52)25-14-15-28(55-21(2)48)29(16-25)56-22(3)49/h4-17,31,33,36H,18-19H2,1-3H3,(H2,41,42)(H,43,50)/b46-30-/t31-,36-/m1/s1. The first kappa shape index (κ1) is 42.3. The van der Waals surface area contributed by atoms with Crippen molar-refractivity contribution >= 4 is 82.3 Å². The minimum atomic E-state index is -1.18. The second kappa shape index (κ2) is 18.6. The molecule has 1 saturated heterocycles. The Bertz CT molecular complexity index is 2540. The van der Waals surface area contributed by atoms with Crippen molar-refractivity contribution in [2.24, 2.45) is 5.16 Å². The van der Waals surface area contributed by atoms with Crippen molar-refractivity contribution in [2.45, 2.75) is 42.6 Å². The number of ether oxygens (including phenoxy) is 3. The van der Waals surface area contributed by atoms with Gasteiger partial charge in [0.1, 0.15) is 34.1 Å². The monoisotopic (exact) mass is 883 g/mol. The summed E-state index contributed by atoms with van der Waals surface area (Å²) in [6.07, 6.45) is 0.188. The second-order valence-corrected chi connectivity index (χ2v) is 16.5. The topological polar surface area (TPSA) is 245 Å². The number of anilines is 1. The van der Waals surface area contributed by atoms with Crippen molar-refractivity contribution in [2.75, 3.05) is 17.2 Å². The van der Waals surface area contributed by atoms with Gasteiger partial charge in [-0.3, -0.25) is 24.1 Å². The average molecular weight is 884 g/mol. The van der Waals surface area contributed by atoms with Crippen LogP contribution in [0.3, 0.4) is 0 Å². The highest BCUT2D eigenvalue weighted by atomic mass is 32.2. The molecule has 312 valence electrons. The third kappa shape index (κ3) is 9.80. The lowest BCUT2D eigenvalue weighted by molar-refractivity contribution is -0.154. The lowest BCUT2D eigenvalue weighted by Gasteiger charge is -2.49. The van der Waals surface area contributed by atoms with Gasteiger partial charge in [-0.2, -0.15) is 4.98 Å². The summed E-state index contributed by atoms with van der Waals surface area (Å²) < 4.78 is 22.1. The number of hydrogen-bond acceptors (Lipinski definition) is 19. The number of rotatable bonds is 14. The van der Waals surface area contributed by atoms with E-state index in [2.05, 4.69) is 25.7 Å². The van der Waals surface area contributed by atoms with Gasteiger partial charge in [0, 0.05) is 25.4 Å². The van der Waals surface area contributed by atoms with Gasteiger partial charge in [-0.25, -0.2) is 9.59 Å². The van der Waals surface area contributed by atoms with E-state index in [-0.39, 0.29) is 34.5 Å². The molecule has 7 rings (SSSR count). The molecule has 0 aliphatic carbocycles. The summed E-state index contributed by atoms with van der Waals surface area (Å²) in [6, 6.07) is 20.4. The van der Waals surface area contributed by atoms with E-state index in [1.54, 1.807) is 0 Å². The molecule has 0 unspecified atom stereocenters. The van der Waals surface area contributed by atoms with Crippen LogP contribution in [0.5, 0.6) is 11.5 Å². The minimum Gasteiger partial charge on any atom is -0.448 e. The van der Waals surface area contributed by atoms with Crippen molar-refractivity contribution in [3.8, 4) is 11.5 Å². The Morgan fingerprint density at radius 2 is 1.62 bits per heavy atom. The molecule has 5 aromatic rings. The number of oxazole rings is 1. The predicted molar refractivity (Wildman–Crippen MR) is 220 cm³/mol. The fraction of sp³-hybridized carbons (Fsp3) is 0.200. The van der Waals surface area contributed by atoms with Gasteiger partial charge in [-0.15, -0.1) is 22.0 Å². The number of nitrogens with one attached hydrogen (secondary N) is 1. The third-order valence-electron chi connectivity index (χ3n) is 8.72. The number of fused-ring (bicyclic) bond motifs is 1. The number of carbonyl (C=O) groups excluding carboxylic acids is 6. The Morgan fingerprint density at radius 3 is 2.23 bits per heavy atom. The van der Waals surface area contributed by atoms with Crippen LogP contribution >= 0.6 is 34.9 Å². The zero-order valence-electron chi connectivity index (χ0n) is 32.3. The number of esters is 3. The minimum absolute atomic E-state index is 0.0461. The molecule has 21 heteroatoms. The largest absolute Gasteiger partial charge is 0.448 e. The highest BCUT2D eigenvalue weighted by Gasteiger charge is 2.55. The SMILES string of the molecule is CC(=O)Oc1ccc(C(=O)O/N=C(\C(=O)N[C@@H]2C(=O)N3C(C(=O)OC(c4ccccc4)c4ccccc4)=C(CSc4nnc(C)s4)CS[C@H]23)c2coc(N)n2)cc1OC(C)=O. The number of nitrogen functional groups attached to an aromatic ring is 1. The van der Waals surface area contributed by atoms with Gasteiger partial charge in [0.15, 0.2) is 27.7 Å². The summed E-state index contributed by atoms with van der Waals surface area (Å²) in [7, 11) is 0. The Hall–Kier alpha value is -6.84. The molecule has 2 amide bonds. The van der Waals surface area contributed by atoms with Crippen LogP contribution in [0, 0.1) is 6.92 Å². The van der Waals surface area contributed by atoms with Crippen LogP contribution in [0.4, 0.5) is 6.01 Å². The summed E-state index contributed by atoms with van der Waals surface area (Å²) in [5.41, 5.74) is 6.73. The summed E-state index contributed by atoms with van der Waals surface area (Å²) >= 11 is 4.08. The van der Waals surface area contributed by atoms with Crippen LogP contribution < -0.4 is 20.5 Å². The quantitative estimate of drug-likeness (QED) is 0.0294. The molecule has 3 aromatic carbocycles. The van der Waals surface area contributed by atoms with E-state index < -0.39 is 58.9 Å². The lowest BCUT2D eigenvalue weighted by Crippen LogP contribution is -2.71. The highest BCUT2D eigenvalue weighted by Crippen LogP contribution is 2.43. The van der Waals surface area contributed by atoms with Crippen LogP contribution in [0.15, 0.2) is 110 Å². The zero-order valence-corrected chi connectivity index (χ0v) is 34.7. The molecule has 0 radical (unpaired) electrons. The van der Waals surface area contributed by atoms with Crippen LogP contribution in [0.1, 0.15) is 52.1 Å². The fourth-order valence-corrected chi connectivity index (χ4v) is 9.38. The van der Waals surface area contributed by atoms with Crippen LogP contribution in [-0.4, -0.2) is 84.4 Å². The van der Waals surface area contributed by atoms with Gasteiger partial charge in [0.25, 0.3) is 17.8 Å². The van der Waals surface area contributed by atoms with Crippen molar-refractivity contribution in [3.05, 3.63) is 124 Å². The smallest absolute Gasteiger partial charge is 0.365 e. The van der Waals surface area contributed by atoms with Gasteiger partial charge in [-0.1, -0.05) is 88.9 Å². The molecule has 2 aromatic heterocycles. The number of aromatic nitrogens is 3. The van der Waals surface area contributed by atoms with Gasteiger partial charge in [0.05, 0.1) is 5.56 Å². The normalized spacial score (nSPS) is 16.0. The molecule has 2 aliphatic rings. The number of thioether (sulfide) groups is 2. The van der Waals surface area contributed by atoms with Gasteiger partial charge < -0.3 is 34.5 Å². The van der Waals surface area contributed by atoms with Gasteiger partial charge in [-0.05, 0) is 41.8 Å². The molecule has 2 aliphatic heterocycles. The van der Waals surface area contributed by atoms with Crippen LogP contribution in [0.25, 0.3) is 0 Å². The molecular formula is C40H33N7O11S3. The van der Waals surface area contributed by atoms with E-state index in [1.165, 1.54) is 51.9 Å². The molecular weight excluding hydrogens is 851 g/mol. The Labute approximate surface area is 358 Å². The number of benzene rings is 3. The maximum absolute atomic E-state index is 14.4. The number of amides is 2. The maximum atomic E-state index is 14.4. The molecule has 18 nitrogen and oxygen atoms in total. The molecule has 2 atom stereocenters. The Kier molecular flexibility index (Phi) is 12.9. The molecule has 61 heavy (non-hydrogen) atoms. The maximum Gasteiger partial charge on any atom is 0.365 e. The highest BCUT2D eigenvalue weighted by molar-refractivity contribution is 8.01. The zero-order chi connectivity index (χ0) is 43.2. The average Bonchev–Trinajstić information content (AvgIpc) is 3.88. The Morgan fingerprint density at radius 1 is 0.951 bits per heavy atom. The van der Waals surface area contributed by atoms with E-state index in [1.807, 2.05) is 67.6 Å². The summed E-state index contributed by atoms with van der Waals surface area (Å²) in [5.74, 6) is -4.76. The Balaban J connectivity index is 1.14. The number of hydrogen-bond donors (Lipinski definition) is 2. The van der Waals surface area contributed by atoms with Crippen molar-refractivity contribution in [3.63, 3.8) is 0 Å². The summed E-state index contributed by atoms with van der Waals surface area (Å²) in [5, 5.41) is 14.6. The molecule has 1 fully saturated rings. The first-order valence-electron chi connectivity index (χ1n) is 18.1. The number of nitrogens with two attached hydrogens (primary N) is 1. The van der Waals surface area contributed by atoms with Crippen molar-refractivity contribution in [1.29, 1.82) is 0 Å². The molecule has 4 heterocycles.